The Morgan fingerprint density at radius 1 is 0.967 bits per heavy atom. The van der Waals surface area contributed by atoms with Crippen LogP contribution in [0.4, 0.5) is 12.9 Å². The number of Topliss-reactive ketones (excluding diaryl/α,β-unsaturated/α-hetero) is 1. The van der Waals surface area contributed by atoms with E-state index in [2.05, 4.69) is 47.6 Å². The van der Waals surface area contributed by atoms with Gasteiger partial charge in [-0.25, -0.2) is 0 Å². The number of nitrogens with zero attached hydrogens (tertiary/aromatic N) is 1. The Hall–Kier alpha value is -1.84. The van der Waals surface area contributed by atoms with Gasteiger partial charge in [-0.1, -0.05) is 18.2 Å². The number of hydrogen-bond acceptors (Lipinski definition) is 3. The van der Waals surface area contributed by atoms with Crippen molar-refractivity contribution in [3.63, 3.8) is 0 Å². The van der Waals surface area contributed by atoms with Gasteiger partial charge in [-0.15, -0.1) is 0 Å². The summed E-state index contributed by atoms with van der Waals surface area (Å²) in [4.78, 5) is 17.8. The van der Waals surface area contributed by atoms with Crippen molar-refractivity contribution in [2.75, 3.05) is 32.6 Å². The topological polar surface area (TPSA) is 29.5 Å². The highest BCUT2D eigenvalue weighted by Gasteiger charge is 2.36. The Morgan fingerprint density at radius 2 is 1.43 bits per heavy atom. The summed E-state index contributed by atoms with van der Waals surface area (Å²) < 4.78 is 34.4. The summed E-state index contributed by atoms with van der Waals surface area (Å²) in [6.45, 7) is 7.05. The molecule has 0 aliphatic carbocycles. The van der Waals surface area contributed by atoms with Crippen LogP contribution >= 0.6 is 0 Å². The molecule has 1 atom stereocenters. The third-order valence-electron chi connectivity index (χ3n) is 4.92. The van der Waals surface area contributed by atoms with Crippen LogP contribution in [-0.4, -0.2) is 56.3 Å². The van der Waals surface area contributed by atoms with Gasteiger partial charge in [-0.3, -0.25) is 22.6 Å². The Balaban J connectivity index is 0.000000827. The predicted molar refractivity (Wildman–Crippen MR) is 113 cm³/mol. The summed E-state index contributed by atoms with van der Waals surface area (Å²) in [5, 5.41) is 0. The number of hydrogen-bond donors (Lipinski definition) is 0. The third-order valence-corrected chi connectivity index (χ3v) is 6.88. The van der Waals surface area contributed by atoms with Crippen LogP contribution in [0.1, 0.15) is 24.2 Å². The summed E-state index contributed by atoms with van der Waals surface area (Å²) in [5.41, 5.74) is 0.281. The van der Waals surface area contributed by atoms with Gasteiger partial charge in [0.2, 0.25) is 0 Å². The van der Waals surface area contributed by atoms with Gasteiger partial charge in [0.05, 0.1) is 29.6 Å². The minimum atomic E-state index is -3.67. The number of halogens is 4. The highest BCUT2D eigenvalue weighted by molar-refractivity contribution is 7.96. The molecular formula is C21H26BF4NO2S. The molecule has 164 valence electrons. The highest BCUT2D eigenvalue weighted by atomic mass is 32.2. The van der Waals surface area contributed by atoms with E-state index in [0.29, 0.717) is 13.2 Å². The summed E-state index contributed by atoms with van der Waals surface area (Å²) in [6, 6.07) is 18.6. The molecule has 0 bridgehead atoms. The minimum absolute atomic E-state index is 0. The first kappa shape index (κ1) is 26.2. The van der Waals surface area contributed by atoms with Crippen molar-refractivity contribution in [1.82, 2.24) is 4.90 Å². The lowest BCUT2D eigenvalue weighted by molar-refractivity contribution is -0.00433. The number of rotatable bonds is 5. The van der Waals surface area contributed by atoms with Crippen molar-refractivity contribution in [3.05, 3.63) is 60.2 Å². The third kappa shape index (κ3) is 7.14. The average molecular weight is 443 g/mol. The molecule has 3 nitrogen and oxygen atoms in total. The first-order chi connectivity index (χ1) is 13.7. The molecular weight excluding hydrogens is 417 g/mol. The van der Waals surface area contributed by atoms with Crippen LogP contribution in [0.3, 0.4) is 0 Å². The molecule has 0 saturated carbocycles. The normalized spacial score (nSPS) is 15.3. The van der Waals surface area contributed by atoms with E-state index in [0.717, 1.165) is 18.7 Å². The molecule has 1 fully saturated rings. The average Bonchev–Trinajstić information content (AvgIpc) is 2.73. The molecule has 1 saturated heterocycles. The molecule has 0 radical (unpaired) electrons. The Morgan fingerprint density at radius 3 is 1.93 bits per heavy atom. The summed E-state index contributed by atoms with van der Waals surface area (Å²) >= 11 is 0. The van der Waals surface area contributed by atoms with Crippen LogP contribution in [-0.2, 0) is 15.6 Å². The molecule has 0 N–H and O–H groups in total. The van der Waals surface area contributed by atoms with Gasteiger partial charge in [0.25, 0.3) is 0 Å². The van der Waals surface area contributed by atoms with Crippen LogP contribution < -0.4 is 4.70 Å². The predicted octanol–water partition coefficient (Wildman–Crippen LogP) is 1.53. The van der Waals surface area contributed by atoms with E-state index in [1.54, 1.807) is 0 Å². The quantitative estimate of drug-likeness (QED) is 0.304. The zero-order chi connectivity index (χ0) is 21.4. The molecule has 1 aliphatic rings. The SMILES string of the molecule is C[S+](c1ccccc1)c1ccc(C(=O)C(C)(C)N2CCOCC2)cc1.FB(F)F.[F-]. The van der Waals surface area contributed by atoms with E-state index in [1.807, 2.05) is 32.0 Å². The fourth-order valence-corrected chi connectivity index (χ4v) is 4.57. The zero-order valence-corrected chi connectivity index (χ0v) is 18.1. The van der Waals surface area contributed by atoms with E-state index in [4.69, 9.17) is 4.74 Å². The Labute approximate surface area is 178 Å². The van der Waals surface area contributed by atoms with Crippen molar-refractivity contribution in [3.8, 4) is 0 Å². The number of carbonyl (C=O) groups is 1. The van der Waals surface area contributed by atoms with Gasteiger partial charge in [-0.05, 0) is 50.2 Å². The lowest BCUT2D eigenvalue weighted by atomic mass is 9.91. The van der Waals surface area contributed by atoms with Crippen molar-refractivity contribution < 1.29 is 27.2 Å². The fourth-order valence-electron chi connectivity index (χ4n) is 3.19. The van der Waals surface area contributed by atoms with Crippen LogP contribution in [0, 0.1) is 0 Å². The van der Waals surface area contributed by atoms with Crippen molar-refractivity contribution >= 4 is 24.2 Å². The maximum absolute atomic E-state index is 13.0. The second-order valence-corrected chi connectivity index (χ2v) is 9.05. The molecule has 1 aliphatic heterocycles. The van der Waals surface area contributed by atoms with Crippen molar-refractivity contribution in [2.24, 2.45) is 0 Å². The monoisotopic (exact) mass is 443 g/mol. The van der Waals surface area contributed by atoms with E-state index < -0.39 is 13.1 Å². The second kappa shape index (κ2) is 12.1. The Bertz CT molecular complexity index is 770. The fraction of sp³-hybridized carbons (Fsp3) is 0.381. The maximum atomic E-state index is 13.0. The molecule has 2 aromatic rings. The van der Waals surface area contributed by atoms with Gasteiger partial charge in [0.15, 0.2) is 15.6 Å². The molecule has 3 rings (SSSR count). The lowest BCUT2D eigenvalue weighted by Crippen LogP contribution is -3.00. The van der Waals surface area contributed by atoms with Gasteiger partial charge >= 0.3 is 7.54 Å². The zero-order valence-electron chi connectivity index (χ0n) is 17.3. The number of benzene rings is 2. The van der Waals surface area contributed by atoms with E-state index in [-0.39, 0.29) is 21.4 Å². The number of morpholine rings is 1. The van der Waals surface area contributed by atoms with Crippen molar-refractivity contribution in [1.29, 1.82) is 0 Å². The molecule has 1 unspecified atom stereocenters. The molecule has 30 heavy (non-hydrogen) atoms. The molecule has 0 aromatic heterocycles. The molecule has 0 spiro atoms. The maximum Gasteiger partial charge on any atom is 0.762 e. The summed E-state index contributed by atoms with van der Waals surface area (Å²) in [6.07, 6.45) is 2.23. The van der Waals surface area contributed by atoms with Gasteiger partial charge in [-0.2, -0.15) is 0 Å². The van der Waals surface area contributed by atoms with Crippen LogP contribution in [0.15, 0.2) is 64.4 Å². The standard InChI is InChI=1S/C21H26NO2S.BF3.FH/c1-21(2,22-13-15-24-16-14-22)20(23)17-9-11-19(12-10-17)25(3)18-7-5-4-6-8-18;2-1(3)4;/h4-12H,13-16H2,1-3H3;;1H/q+1;;/p-1. The van der Waals surface area contributed by atoms with Crippen LogP contribution in [0.2, 0.25) is 0 Å². The van der Waals surface area contributed by atoms with Gasteiger partial charge < -0.3 is 9.44 Å². The highest BCUT2D eigenvalue weighted by Crippen LogP contribution is 2.25. The van der Waals surface area contributed by atoms with Gasteiger partial charge in [0.1, 0.15) is 6.26 Å². The minimum Gasteiger partial charge on any atom is -1.00 e. The first-order valence-corrected chi connectivity index (χ1v) is 11.0. The van der Waals surface area contributed by atoms with E-state index >= 15 is 0 Å². The lowest BCUT2D eigenvalue weighted by Gasteiger charge is -2.39. The van der Waals surface area contributed by atoms with E-state index in [9.17, 15) is 17.7 Å². The second-order valence-electron chi connectivity index (χ2n) is 7.08. The van der Waals surface area contributed by atoms with Gasteiger partial charge in [0, 0.05) is 18.7 Å². The van der Waals surface area contributed by atoms with Crippen LogP contribution in [0.25, 0.3) is 0 Å². The summed E-state index contributed by atoms with van der Waals surface area (Å²) in [5.74, 6) is 0.177. The number of ether oxygens (including phenoxy) is 1. The Kier molecular flexibility index (Phi) is 10.6. The smallest absolute Gasteiger partial charge is 0.762 e. The van der Waals surface area contributed by atoms with Crippen LogP contribution in [0.5, 0.6) is 0 Å². The largest absolute Gasteiger partial charge is 1.00 e. The molecule has 1 heterocycles. The molecule has 2 aromatic carbocycles. The molecule has 0 amide bonds. The van der Waals surface area contributed by atoms with Crippen molar-refractivity contribution in [2.45, 2.75) is 29.2 Å². The molecule has 9 heteroatoms. The van der Waals surface area contributed by atoms with E-state index in [1.165, 1.54) is 9.79 Å². The number of ketones is 1. The summed E-state index contributed by atoms with van der Waals surface area (Å²) in [7, 11) is -3.65. The first-order valence-electron chi connectivity index (χ1n) is 9.34. The number of carbonyl (C=O) groups excluding carboxylic acids is 1.